The fourth-order valence-electron chi connectivity index (χ4n) is 7.54. The number of carbonyl (C=O) groups is 1. The van der Waals surface area contributed by atoms with Crippen LogP contribution in [0.2, 0.25) is 0 Å². The van der Waals surface area contributed by atoms with Gasteiger partial charge in [0.25, 0.3) is 0 Å². The predicted molar refractivity (Wildman–Crippen MR) is 119 cm³/mol. The van der Waals surface area contributed by atoms with Crippen LogP contribution in [0.15, 0.2) is 12.2 Å². The minimum atomic E-state index is -0.244. The number of likely N-dealkylation sites (N-methyl/N-ethyl adjacent to an activating group) is 1. The number of rotatable bonds is 2. The Bertz CT molecular complexity index is 690. The Morgan fingerprint density at radius 1 is 1.04 bits per heavy atom. The van der Waals surface area contributed by atoms with Crippen molar-refractivity contribution in [3.05, 3.63) is 12.2 Å². The zero-order valence-corrected chi connectivity index (χ0v) is 20.4. The summed E-state index contributed by atoms with van der Waals surface area (Å²) < 4.78 is 0. The lowest BCUT2D eigenvalue weighted by Gasteiger charge is -2.65. The van der Waals surface area contributed by atoms with Gasteiger partial charge in [-0.15, -0.1) is 0 Å². The lowest BCUT2D eigenvalue weighted by atomic mass is 9.40. The van der Waals surface area contributed by atoms with Gasteiger partial charge in [-0.25, -0.2) is 0 Å². The van der Waals surface area contributed by atoms with Crippen LogP contribution in [-0.2, 0) is 4.79 Å². The molecule has 1 saturated heterocycles. The standard InChI is InChI=1S/C26H45NO/c1-18(16-21(2,3)4)26-19-17-23(8,9)12-14-25(19,20(28)27(26)11)15-13-24(26,10)22(5,6)7/h19H,1,12-17H2,2-11H3/t19?,24-,25-,26-/m0/s1. The van der Waals surface area contributed by atoms with Gasteiger partial charge in [0.2, 0.25) is 5.91 Å². The maximum atomic E-state index is 13.9. The van der Waals surface area contributed by atoms with Gasteiger partial charge in [0.15, 0.2) is 0 Å². The first-order chi connectivity index (χ1) is 12.4. The third-order valence-electron chi connectivity index (χ3n) is 9.29. The summed E-state index contributed by atoms with van der Waals surface area (Å²) in [4.78, 5) is 16.1. The molecule has 1 unspecified atom stereocenters. The zero-order valence-electron chi connectivity index (χ0n) is 20.4. The average molecular weight is 388 g/mol. The van der Waals surface area contributed by atoms with Crippen molar-refractivity contribution in [3.8, 4) is 0 Å². The molecule has 3 rings (SSSR count). The Morgan fingerprint density at radius 3 is 2.07 bits per heavy atom. The second-order valence-corrected chi connectivity index (χ2v) is 13.6. The molecule has 1 aliphatic heterocycles. The van der Waals surface area contributed by atoms with Crippen LogP contribution >= 0.6 is 0 Å². The summed E-state index contributed by atoms with van der Waals surface area (Å²) >= 11 is 0. The van der Waals surface area contributed by atoms with E-state index in [1.54, 1.807) is 0 Å². The monoisotopic (exact) mass is 387 g/mol. The van der Waals surface area contributed by atoms with Crippen LogP contribution in [0.25, 0.3) is 0 Å². The third-order valence-corrected chi connectivity index (χ3v) is 9.29. The van der Waals surface area contributed by atoms with E-state index in [1.165, 1.54) is 5.57 Å². The van der Waals surface area contributed by atoms with Crippen LogP contribution in [0.4, 0.5) is 0 Å². The zero-order chi connectivity index (χ0) is 21.6. The van der Waals surface area contributed by atoms with E-state index in [4.69, 9.17) is 6.58 Å². The van der Waals surface area contributed by atoms with E-state index in [0.29, 0.717) is 17.2 Å². The van der Waals surface area contributed by atoms with Gasteiger partial charge in [0.1, 0.15) is 0 Å². The summed E-state index contributed by atoms with van der Waals surface area (Å²) in [6, 6.07) is 0. The van der Waals surface area contributed by atoms with Crippen LogP contribution in [-0.4, -0.2) is 23.4 Å². The minimum absolute atomic E-state index is 0.0187. The summed E-state index contributed by atoms with van der Waals surface area (Å²) in [5.74, 6) is 0.796. The highest BCUT2D eigenvalue weighted by molar-refractivity contribution is 5.89. The average Bonchev–Trinajstić information content (AvgIpc) is 2.63. The first-order valence-electron chi connectivity index (χ1n) is 11.4. The summed E-state index contributed by atoms with van der Waals surface area (Å²) in [5.41, 5.74) is 1.48. The summed E-state index contributed by atoms with van der Waals surface area (Å²) in [7, 11) is 2.11. The van der Waals surface area contributed by atoms with E-state index < -0.39 is 0 Å². The molecule has 2 aliphatic carbocycles. The molecular formula is C26H45NO. The van der Waals surface area contributed by atoms with Gasteiger partial charge >= 0.3 is 0 Å². The first-order valence-corrected chi connectivity index (χ1v) is 11.4. The van der Waals surface area contributed by atoms with Crippen molar-refractivity contribution in [2.24, 2.45) is 33.0 Å². The second-order valence-electron chi connectivity index (χ2n) is 13.6. The molecule has 160 valence electrons. The van der Waals surface area contributed by atoms with Gasteiger partial charge in [-0.2, -0.15) is 0 Å². The minimum Gasteiger partial charge on any atom is -0.335 e. The Morgan fingerprint density at radius 2 is 1.57 bits per heavy atom. The van der Waals surface area contributed by atoms with Crippen LogP contribution in [0, 0.1) is 33.0 Å². The quantitative estimate of drug-likeness (QED) is 0.474. The molecule has 3 aliphatic rings. The lowest BCUT2D eigenvalue weighted by molar-refractivity contribution is -0.138. The van der Waals surface area contributed by atoms with E-state index in [0.717, 1.165) is 38.5 Å². The number of carbonyl (C=O) groups excluding carboxylic acids is 1. The largest absolute Gasteiger partial charge is 0.335 e. The molecule has 0 N–H and O–H groups in total. The summed E-state index contributed by atoms with van der Waals surface area (Å²) in [5, 5.41) is 0. The van der Waals surface area contributed by atoms with E-state index >= 15 is 0 Å². The molecule has 1 amide bonds. The van der Waals surface area contributed by atoms with Crippen LogP contribution < -0.4 is 0 Å². The molecule has 0 aromatic heterocycles. The van der Waals surface area contributed by atoms with Crippen LogP contribution in [0.1, 0.15) is 101 Å². The van der Waals surface area contributed by atoms with Crippen molar-refractivity contribution >= 4 is 5.91 Å². The SMILES string of the molecule is C=C(CC(C)(C)C)[C@]12C3CC(C)(C)CC[C@@]3(CC[C@@]1(C)C(C)(C)C)C(=O)N2C. The van der Waals surface area contributed by atoms with Crippen molar-refractivity contribution in [2.45, 2.75) is 106 Å². The summed E-state index contributed by atoms with van der Waals surface area (Å²) in [6.07, 6.45) is 6.50. The van der Waals surface area contributed by atoms with E-state index in [-0.39, 0.29) is 27.2 Å². The predicted octanol–water partition coefficient (Wildman–Crippen LogP) is 6.85. The summed E-state index contributed by atoms with van der Waals surface area (Å²) in [6.45, 7) is 26.1. The molecule has 2 bridgehead atoms. The van der Waals surface area contributed by atoms with Crippen molar-refractivity contribution in [3.63, 3.8) is 0 Å². The Hall–Kier alpha value is -0.790. The van der Waals surface area contributed by atoms with Gasteiger partial charge in [-0.05, 0) is 60.2 Å². The number of hydrogen-bond acceptors (Lipinski definition) is 1. The molecule has 2 heteroatoms. The molecule has 2 nitrogen and oxygen atoms in total. The molecule has 0 aromatic rings. The van der Waals surface area contributed by atoms with E-state index in [9.17, 15) is 4.79 Å². The van der Waals surface area contributed by atoms with Crippen molar-refractivity contribution < 1.29 is 4.79 Å². The molecular weight excluding hydrogens is 342 g/mol. The van der Waals surface area contributed by atoms with Crippen LogP contribution in [0.5, 0.6) is 0 Å². The maximum Gasteiger partial charge on any atom is 0.229 e. The van der Waals surface area contributed by atoms with Crippen molar-refractivity contribution in [1.82, 2.24) is 4.90 Å². The number of likely N-dealkylation sites (tertiary alicyclic amines) is 1. The first kappa shape index (κ1) is 21.9. The molecule has 4 atom stereocenters. The normalized spacial score (nSPS) is 40.4. The van der Waals surface area contributed by atoms with E-state index in [1.807, 2.05) is 0 Å². The Labute approximate surface area is 174 Å². The number of nitrogens with zero attached hydrogens (tertiary/aromatic N) is 1. The van der Waals surface area contributed by atoms with Crippen molar-refractivity contribution in [2.75, 3.05) is 7.05 Å². The fraction of sp³-hybridized carbons (Fsp3) is 0.885. The topological polar surface area (TPSA) is 20.3 Å². The number of amides is 1. The second kappa shape index (κ2) is 5.88. The number of hydrogen-bond donors (Lipinski definition) is 0. The smallest absolute Gasteiger partial charge is 0.229 e. The van der Waals surface area contributed by atoms with Gasteiger partial charge in [-0.1, -0.05) is 74.5 Å². The molecule has 0 spiro atoms. The van der Waals surface area contributed by atoms with Gasteiger partial charge in [-0.3, -0.25) is 4.79 Å². The molecule has 3 fully saturated rings. The fourth-order valence-corrected chi connectivity index (χ4v) is 7.54. The maximum absolute atomic E-state index is 13.9. The van der Waals surface area contributed by atoms with Crippen molar-refractivity contribution in [1.29, 1.82) is 0 Å². The van der Waals surface area contributed by atoms with Gasteiger partial charge in [0.05, 0.1) is 11.0 Å². The highest BCUT2D eigenvalue weighted by atomic mass is 16.2. The third kappa shape index (κ3) is 2.61. The molecule has 2 saturated carbocycles. The molecule has 28 heavy (non-hydrogen) atoms. The molecule has 0 radical (unpaired) electrons. The van der Waals surface area contributed by atoms with Gasteiger partial charge in [0, 0.05) is 13.0 Å². The highest BCUT2D eigenvalue weighted by Crippen LogP contribution is 2.74. The van der Waals surface area contributed by atoms with Crippen LogP contribution in [0.3, 0.4) is 0 Å². The Balaban J connectivity index is 2.30. The highest BCUT2D eigenvalue weighted by Gasteiger charge is 2.77. The van der Waals surface area contributed by atoms with Gasteiger partial charge < -0.3 is 4.90 Å². The molecule has 0 aromatic carbocycles. The Kier molecular flexibility index (Phi) is 4.60. The van der Waals surface area contributed by atoms with E-state index in [2.05, 4.69) is 74.3 Å². The molecule has 1 heterocycles. The lowest BCUT2D eigenvalue weighted by Crippen LogP contribution is -2.67.